The molecule has 0 radical (unpaired) electrons. The summed E-state index contributed by atoms with van der Waals surface area (Å²) in [6.07, 6.45) is 2.33. The fraction of sp³-hybridized carbons (Fsp3) is 0.156. The average Bonchev–Trinajstić information content (AvgIpc) is 3.33. The first-order valence-corrected chi connectivity index (χ1v) is 12.2. The van der Waals surface area contributed by atoms with Crippen LogP contribution in [0, 0.1) is 0 Å². The molecule has 34 heavy (non-hydrogen) atoms. The minimum Gasteiger partial charge on any atom is -0.309 e. The summed E-state index contributed by atoms with van der Waals surface area (Å²) in [6, 6.07) is 35.2. The lowest BCUT2D eigenvalue weighted by molar-refractivity contribution is -0.730. The molecule has 1 aliphatic rings. The van der Waals surface area contributed by atoms with Gasteiger partial charge in [-0.15, -0.1) is 0 Å². The Bertz CT molecular complexity index is 1690. The second-order valence-electron chi connectivity index (χ2n) is 9.29. The summed E-state index contributed by atoms with van der Waals surface area (Å²) in [4.78, 5) is 0. The molecule has 0 saturated heterocycles. The Morgan fingerprint density at radius 2 is 1.35 bits per heavy atom. The van der Waals surface area contributed by atoms with E-state index in [-0.39, 0.29) is 5.54 Å². The van der Waals surface area contributed by atoms with Gasteiger partial charge < -0.3 is 4.57 Å². The first kappa shape index (κ1) is 20.7. The molecule has 3 heterocycles. The molecule has 4 aromatic carbocycles. The number of hydrogen-bond donors (Lipinski definition) is 0. The van der Waals surface area contributed by atoms with Crippen LogP contribution >= 0.6 is 0 Å². The minimum atomic E-state index is -0.153. The van der Waals surface area contributed by atoms with Gasteiger partial charge in [-0.2, -0.15) is 4.57 Å². The van der Waals surface area contributed by atoms with Crippen LogP contribution in [0.15, 0.2) is 103 Å². The molecule has 0 aliphatic carbocycles. The molecular formula is C32H29N2+. The van der Waals surface area contributed by atoms with Crippen molar-refractivity contribution in [2.24, 2.45) is 0 Å². The molecule has 0 fully saturated rings. The number of nitrogens with zero attached hydrogens (tertiary/aromatic N) is 2. The summed E-state index contributed by atoms with van der Waals surface area (Å²) in [5.41, 5.74) is 7.61. The topological polar surface area (TPSA) is 8.81 Å². The van der Waals surface area contributed by atoms with Crippen molar-refractivity contribution in [2.45, 2.75) is 33.2 Å². The van der Waals surface area contributed by atoms with Crippen LogP contribution in [0.3, 0.4) is 0 Å². The normalized spacial score (nSPS) is 13.5. The van der Waals surface area contributed by atoms with Crippen molar-refractivity contribution in [2.75, 3.05) is 0 Å². The Labute approximate surface area is 200 Å². The molecular weight excluding hydrogens is 412 g/mol. The van der Waals surface area contributed by atoms with Crippen LogP contribution < -0.4 is 4.57 Å². The van der Waals surface area contributed by atoms with Crippen molar-refractivity contribution < 1.29 is 4.57 Å². The van der Waals surface area contributed by atoms with Gasteiger partial charge in [0.2, 0.25) is 5.69 Å². The number of benzene rings is 4. The zero-order valence-corrected chi connectivity index (χ0v) is 20.2. The summed E-state index contributed by atoms with van der Waals surface area (Å²) in [7, 11) is 0. The van der Waals surface area contributed by atoms with E-state index < -0.39 is 0 Å². The molecule has 0 saturated carbocycles. The van der Waals surface area contributed by atoms with E-state index in [0.29, 0.717) is 0 Å². The van der Waals surface area contributed by atoms with Gasteiger partial charge in [0.1, 0.15) is 0 Å². The van der Waals surface area contributed by atoms with Gasteiger partial charge in [-0.3, -0.25) is 0 Å². The van der Waals surface area contributed by atoms with Crippen molar-refractivity contribution >= 4 is 32.6 Å². The Kier molecular flexibility index (Phi) is 4.60. The highest BCUT2D eigenvalue weighted by atomic mass is 15.1. The van der Waals surface area contributed by atoms with Crippen molar-refractivity contribution in [3.8, 4) is 16.9 Å². The Balaban J connectivity index is 0.00000106. The van der Waals surface area contributed by atoms with Gasteiger partial charge in [-0.1, -0.05) is 68.4 Å². The maximum absolute atomic E-state index is 2.47. The highest BCUT2D eigenvalue weighted by molar-refractivity contribution is 6.13. The van der Waals surface area contributed by atoms with Crippen molar-refractivity contribution in [3.05, 3.63) is 109 Å². The second-order valence-corrected chi connectivity index (χ2v) is 9.29. The summed E-state index contributed by atoms with van der Waals surface area (Å²) >= 11 is 0. The summed E-state index contributed by atoms with van der Waals surface area (Å²) in [5.74, 6) is 0. The minimum absolute atomic E-state index is 0.153. The van der Waals surface area contributed by atoms with E-state index in [4.69, 9.17) is 0 Å². The SMILES string of the molecule is CC.CC1(C)c2c(ccc3c2c2ccccc2n3-c2ccccc2)-c2cc3ccccc3c[n+]21. The molecule has 0 amide bonds. The maximum Gasteiger partial charge on any atom is 0.214 e. The number of aromatic nitrogens is 2. The number of hydrogen-bond acceptors (Lipinski definition) is 0. The molecule has 1 aliphatic heterocycles. The molecule has 0 atom stereocenters. The molecule has 166 valence electrons. The molecule has 0 spiro atoms. The predicted octanol–water partition coefficient (Wildman–Crippen LogP) is 8.01. The average molecular weight is 442 g/mol. The van der Waals surface area contributed by atoms with Crippen LogP contribution in [-0.2, 0) is 5.54 Å². The third kappa shape index (κ3) is 2.72. The Morgan fingerprint density at radius 1 is 0.676 bits per heavy atom. The van der Waals surface area contributed by atoms with E-state index in [9.17, 15) is 0 Å². The van der Waals surface area contributed by atoms with Crippen LogP contribution in [0.25, 0.3) is 49.5 Å². The zero-order chi connectivity index (χ0) is 23.4. The highest BCUT2D eigenvalue weighted by Gasteiger charge is 2.45. The maximum atomic E-state index is 2.47. The fourth-order valence-corrected chi connectivity index (χ4v) is 5.74. The number of para-hydroxylation sites is 2. The van der Waals surface area contributed by atoms with Gasteiger partial charge in [0.25, 0.3) is 0 Å². The predicted molar refractivity (Wildman–Crippen MR) is 144 cm³/mol. The molecule has 7 rings (SSSR count). The van der Waals surface area contributed by atoms with Crippen LogP contribution in [0.4, 0.5) is 0 Å². The Hall–Kier alpha value is -3.91. The van der Waals surface area contributed by atoms with Crippen LogP contribution in [0.1, 0.15) is 33.3 Å². The third-order valence-corrected chi connectivity index (χ3v) is 7.16. The highest BCUT2D eigenvalue weighted by Crippen LogP contribution is 2.46. The van der Waals surface area contributed by atoms with Gasteiger partial charge in [0, 0.05) is 47.3 Å². The number of pyridine rings is 1. The molecule has 6 aromatic rings. The zero-order valence-electron chi connectivity index (χ0n) is 20.2. The van der Waals surface area contributed by atoms with Gasteiger partial charge in [0.05, 0.1) is 16.6 Å². The molecule has 0 unspecified atom stereocenters. The first-order chi connectivity index (χ1) is 16.6. The van der Waals surface area contributed by atoms with Gasteiger partial charge in [0.15, 0.2) is 11.7 Å². The smallest absolute Gasteiger partial charge is 0.214 e. The van der Waals surface area contributed by atoms with Crippen molar-refractivity contribution in [1.82, 2.24) is 4.57 Å². The van der Waals surface area contributed by atoms with E-state index in [2.05, 4.69) is 126 Å². The summed E-state index contributed by atoms with van der Waals surface area (Å²) in [5, 5.41) is 5.24. The Morgan fingerprint density at radius 3 is 2.15 bits per heavy atom. The number of rotatable bonds is 1. The van der Waals surface area contributed by atoms with Gasteiger partial charge in [-0.05, 0) is 41.8 Å². The summed E-state index contributed by atoms with van der Waals surface area (Å²) in [6.45, 7) is 8.70. The van der Waals surface area contributed by atoms with E-state index >= 15 is 0 Å². The molecule has 2 nitrogen and oxygen atoms in total. The third-order valence-electron chi connectivity index (χ3n) is 7.16. The monoisotopic (exact) mass is 441 g/mol. The lowest BCUT2D eigenvalue weighted by Gasteiger charge is -2.16. The molecule has 0 bridgehead atoms. The van der Waals surface area contributed by atoms with E-state index in [1.54, 1.807) is 0 Å². The van der Waals surface area contributed by atoms with Crippen LogP contribution in [-0.4, -0.2) is 4.57 Å². The van der Waals surface area contributed by atoms with E-state index in [1.165, 1.54) is 55.1 Å². The first-order valence-electron chi connectivity index (χ1n) is 12.2. The molecule has 0 N–H and O–H groups in total. The molecule has 2 heteroatoms. The van der Waals surface area contributed by atoms with Gasteiger partial charge in [-0.25, -0.2) is 0 Å². The van der Waals surface area contributed by atoms with E-state index in [1.807, 2.05) is 13.8 Å². The van der Waals surface area contributed by atoms with Crippen molar-refractivity contribution in [3.63, 3.8) is 0 Å². The van der Waals surface area contributed by atoms with Crippen LogP contribution in [0.5, 0.6) is 0 Å². The second kappa shape index (κ2) is 7.56. The summed E-state index contributed by atoms with van der Waals surface area (Å²) < 4.78 is 4.87. The molecule has 2 aromatic heterocycles. The standard InChI is InChI=1S/C30H23N2.C2H6/c1-30(2)29-24(27-18-20-10-6-7-11-21(20)19-31(27)30)16-17-26-28(29)23-14-8-9-15-25(23)32(26)22-12-4-3-5-13-22;1-2/h3-19H,1-2H3;1-2H3/q+1;. The van der Waals surface area contributed by atoms with Gasteiger partial charge >= 0.3 is 0 Å². The number of fused-ring (bicyclic) bond motifs is 8. The largest absolute Gasteiger partial charge is 0.309 e. The fourth-order valence-electron chi connectivity index (χ4n) is 5.74. The lowest BCUT2D eigenvalue weighted by atomic mass is 9.89. The lowest BCUT2D eigenvalue weighted by Crippen LogP contribution is -2.50. The quantitative estimate of drug-likeness (QED) is 0.228. The van der Waals surface area contributed by atoms with Crippen LogP contribution in [0.2, 0.25) is 0 Å². The van der Waals surface area contributed by atoms with Crippen molar-refractivity contribution in [1.29, 1.82) is 0 Å². The van der Waals surface area contributed by atoms with E-state index in [0.717, 1.165) is 0 Å².